The number of likely N-dealkylation sites (tertiary alicyclic amines) is 1. The van der Waals surface area contributed by atoms with Crippen molar-refractivity contribution >= 4 is 29.1 Å². The SMILES string of the molecule is CC1=CN(C)C(N2CC3(CCOCC3)C2)C(C(=O)Nc2ccc(C(=O)N3CCc4cc(C(=O)Nc5c(F)cccc5F)oc4C4C3=CC(F)=CC4C)cc2)=C1. The van der Waals surface area contributed by atoms with Crippen LogP contribution in [0.4, 0.5) is 24.5 Å². The van der Waals surface area contributed by atoms with E-state index in [-0.39, 0.29) is 42.1 Å². The van der Waals surface area contributed by atoms with Gasteiger partial charge in [-0.3, -0.25) is 19.3 Å². The van der Waals surface area contributed by atoms with E-state index in [0.29, 0.717) is 33.8 Å². The van der Waals surface area contributed by atoms with E-state index in [1.807, 2.05) is 26.2 Å². The fourth-order valence-electron chi connectivity index (χ4n) is 8.67. The zero-order chi connectivity index (χ0) is 38.6. The molecule has 3 atom stereocenters. The van der Waals surface area contributed by atoms with Crippen LogP contribution in [0.25, 0.3) is 0 Å². The van der Waals surface area contributed by atoms with Gasteiger partial charge >= 0.3 is 0 Å². The van der Waals surface area contributed by atoms with Crippen LogP contribution in [0.2, 0.25) is 0 Å². The van der Waals surface area contributed by atoms with E-state index in [2.05, 4.69) is 20.4 Å². The fourth-order valence-corrected chi connectivity index (χ4v) is 8.67. The summed E-state index contributed by atoms with van der Waals surface area (Å²) in [6, 6.07) is 11.4. The number of hydrogen-bond donors (Lipinski definition) is 2. The molecule has 3 unspecified atom stereocenters. The van der Waals surface area contributed by atoms with E-state index in [9.17, 15) is 27.6 Å². The minimum absolute atomic E-state index is 0.149. The minimum Gasteiger partial charge on any atom is -0.455 e. The van der Waals surface area contributed by atoms with E-state index in [1.165, 1.54) is 29.2 Å². The van der Waals surface area contributed by atoms with Crippen LogP contribution >= 0.6 is 0 Å². The number of benzene rings is 2. The third-order valence-corrected chi connectivity index (χ3v) is 11.3. The van der Waals surface area contributed by atoms with Crippen molar-refractivity contribution in [3.63, 3.8) is 0 Å². The highest BCUT2D eigenvalue weighted by Gasteiger charge is 2.49. The van der Waals surface area contributed by atoms with Crippen LogP contribution in [0.5, 0.6) is 0 Å². The number of fused-ring (bicyclic) bond motifs is 3. The van der Waals surface area contributed by atoms with Gasteiger partial charge in [-0.25, -0.2) is 13.2 Å². The molecule has 1 aliphatic carbocycles. The van der Waals surface area contributed by atoms with Gasteiger partial charge in [0.15, 0.2) is 5.76 Å². The second kappa shape index (κ2) is 14.3. The van der Waals surface area contributed by atoms with Crippen LogP contribution in [0.15, 0.2) is 100 Å². The van der Waals surface area contributed by atoms with Crippen LogP contribution in [-0.4, -0.2) is 78.5 Å². The Labute approximate surface area is 317 Å². The molecule has 10 nitrogen and oxygen atoms in total. The first-order valence-electron chi connectivity index (χ1n) is 18.5. The molecule has 5 heterocycles. The zero-order valence-electron chi connectivity index (χ0n) is 30.8. The molecule has 3 amide bonds. The Hall–Kier alpha value is -5.40. The Morgan fingerprint density at radius 2 is 1.64 bits per heavy atom. The number of hydrogen-bond acceptors (Lipinski definition) is 7. The molecule has 1 aromatic heterocycles. The van der Waals surface area contributed by atoms with Gasteiger partial charge in [-0.05, 0) is 104 Å². The van der Waals surface area contributed by atoms with Gasteiger partial charge in [0.1, 0.15) is 35.1 Å². The molecule has 3 aromatic rings. The summed E-state index contributed by atoms with van der Waals surface area (Å²) >= 11 is 0. The average molecular weight is 754 g/mol. The number of ether oxygens (including phenoxy) is 1. The lowest BCUT2D eigenvalue weighted by molar-refractivity contribution is -0.122. The number of para-hydroxylation sites is 1. The maximum absolute atomic E-state index is 15.0. The minimum atomic E-state index is -0.931. The first-order chi connectivity index (χ1) is 26.4. The fraction of sp³-hybridized carbons (Fsp3) is 0.357. The van der Waals surface area contributed by atoms with Crippen molar-refractivity contribution in [1.29, 1.82) is 0 Å². The molecular formula is C42H42F3N5O5. The Bertz CT molecular complexity index is 2160. The number of halogens is 3. The van der Waals surface area contributed by atoms with Gasteiger partial charge in [0, 0.05) is 68.5 Å². The van der Waals surface area contributed by atoms with E-state index in [0.717, 1.165) is 56.9 Å². The van der Waals surface area contributed by atoms with Crippen molar-refractivity contribution < 1.29 is 36.7 Å². The first-order valence-corrected chi connectivity index (χ1v) is 18.5. The van der Waals surface area contributed by atoms with Crippen molar-refractivity contribution in [1.82, 2.24) is 14.7 Å². The van der Waals surface area contributed by atoms with Crippen LogP contribution in [-0.2, 0) is 16.0 Å². The third kappa shape index (κ3) is 6.91. The molecule has 0 bridgehead atoms. The number of carbonyl (C=O) groups excluding carboxylic acids is 3. The molecule has 2 aromatic carbocycles. The smallest absolute Gasteiger partial charge is 0.291 e. The van der Waals surface area contributed by atoms with Crippen molar-refractivity contribution in [3.05, 3.63) is 130 Å². The molecule has 8 rings (SSSR count). The molecule has 2 N–H and O–H groups in total. The number of furan rings is 1. The van der Waals surface area contributed by atoms with Crippen molar-refractivity contribution in [2.75, 3.05) is 50.5 Å². The molecule has 286 valence electrons. The number of anilines is 2. The Balaban J connectivity index is 0.980. The van der Waals surface area contributed by atoms with E-state index >= 15 is 0 Å². The third-order valence-electron chi connectivity index (χ3n) is 11.3. The van der Waals surface area contributed by atoms with Gasteiger partial charge < -0.3 is 29.6 Å². The summed E-state index contributed by atoms with van der Waals surface area (Å²) in [5.41, 5.74) is 3.11. The lowest BCUT2D eigenvalue weighted by atomic mass is 9.72. The lowest BCUT2D eigenvalue weighted by Crippen LogP contribution is -2.65. The molecular weight excluding hydrogens is 711 g/mol. The molecule has 0 radical (unpaired) electrons. The number of amides is 3. The van der Waals surface area contributed by atoms with Crippen LogP contribution < -0.4 is 10.6 Å². The Morgan fingerprint density at radius 3 is 2.35 bits per heavy atom. The predicted molar refractivity (Wildman–Crippen MR) is 199 cm³/mol. The molecule has 4 aliphatic heterocycles. The normalized spacial score (nSPS) is 23.3. The molecule has 2 saturated heterocycles. The standard InChI is InChI=1S/C42H42F3N5O5/c1-24-17-30(40(48(3)21-24)49-22-42(23-49)12-15-54-16-13-42)38(51)46-29-9-7-26(8-10-29)41(53)50-14-11-27-19-34(39(52)47-36-31(44)5-4-6-32(36)45)55-37(27)35-25(2)18-28(43)20-33(35)50/h4-10,17-21,25,35,40H,11-16,22-23H2,1-3H3,(H,46,51)(H,47,52). The number of carbonyl (C=O) groups is 3. The van der Waals surface area contributed by atoms with Gasteiger partial charge in [0.25, 0.3) is 17.7 Å². The highest BCUT2D eigenvalue weighted by Crippen LogP contribution is 2.45. The molecule has 5 aliphatic rings. The Kier molecular flexibility index (Phi) is 9.54. The highest BCUT2D eigenvalue weighted by atomic mass is 19.1. The van der Waals surface area contributed by atoms with Crippen LogP contribution in [0.1, 0.15) is 64.8 Å². The summed E-state index contributed by atoms with van der Waals surface area (Å²) in [6.45, 7) is 7.25. The summed E-state index contributed by atoms with van der Waals surface area (Å²) in [4.78, 5) is 47.0. The van der Waals surface area contributed by atoms with Gasteiger partial charge in [-0.15, -0.1) is 0 Å². The van der Waals surface area contributed by atoms with Crippen LogP contribution in [0, 0.1) is 23.0 Å². The van der Waals surface area contributed by atoms with Crippen molar-refractivity contribution in [3.8, 4) is 0 Å². The molecule has 2 fully saturated rings. The maximum Gasteiger partial charge on any atom is 0.291 e. The monoisotopic (exact) mass is 753 g/mol. The summed E-state index contributed by atoms with van der Waals surface area (Å²) in [5, 5.41) is 5.27. The average Bonchev–Trinajstić information content (AvgIpc) is 3.49. The number of likely N-dealkylation sites (N-methyl/N-ethyl adjacent to an activating group) is 1. The van der Waals surface area contributed by atoms with Gasteiger partial charge in [-0.1, -0.05) is 13.0 Å². The van der Waals surface area contributed by atoms with Gasteiger partial charge in [-0.2, -0.15) is 0 Å². The van der Waals surface area contributed by atoms with Crippen LogP contribution in [0.3, 0.4) is 0 Å². The largest absolute Gasteiger partial charge is 0.455 e. The quantitative estimate of drug-likeness (QED) is 0.276. The number of nitrogens with zero attached hydrogens (tertiary/aromatic N) is 3. The molecule has 0 saturated carbocycles. The molecule has 1 spiro atoms. The first kappa shape index (κ1) is 36.6. The summed E-state index contributed by atoms with van der Waals surface area (Å²) in [7, 11) is 1.99. The molecule has 13 heteroatoms. The number of nitrogens with one attached hydrogen (secondary N) is 2. The summed E-state index contributed by atoms with van der Waals surface area (Å²) < 4.78 is 55.2. The number of rotatable bonds is 6. The maximum atomic E-state index is 15.0. The lowest BCUT2D eigenvalue weighted by Gasteiger charge is -2.56. The zero-order valence-corrected chi connectivity index (χ0v) is 30.8. The topological polar surface area (TPSA) is 107 Å². The van der Waals surface area contributed by atoms with E-state index in [1.54, 1.807) is 31.2 Å². The molecule has 55 heavy (non-hydrogen) atoms. The summed E-state index contributed by atoms with van der Waals surface area (Å²) in [5.74, 6) is -4.66. The van der Waals surface area contributed by atoms with Gasteiger partial charge in [0.05, 0.1) is 11.5 Å². The summed E-state index contributed by atoms with van der Waals surface area (Å²) in [6.07, 6.45) is 8.81. The highest BCUT2D eigenvalue weighted by molar-refractivity contribution is 6.05. The number of allylic oxidation sites excluding steroid dienone is 6. The second-order valence-electron chi connectivity index (χ2n) is 15.3. The van der Waals surface area contributed by atoms with Gasteiger partial charge in [0.2, 0.25) is 0 Å². The predicted octanol–water partition coefficient (Wildman–Crippen LogP) is 7.13. The Morgan fingerprint density at radius 1 is 0.927 bits per heavy atom. The van der Waals surface area contributed by atoms with E-state index in [4.69, 9.17) is 9.15 Å². The van der Waals surface area contributed by atoms with Crippen molar-refractivity contribution in [2.45, 2.75) is 45.2 Å². The second-order valence-corrected chi connectivity index (χ2v) is 15.3. The van der Waals surface area contributed by atoms with Crippen molar-refractivity contribution in [2.24, 2.45) is 11.3 Å². The van der Waals surface area contributed by atoms with E-state index < -0.39 is 40.9 Å².